The van der Waals surface area contributed by atoms with Crippen molar-refractivity contribution in [2.24, 2.45) is 0 Å². The monoisotopic (exact) mass is 874 g/mol. The number of rotatable bonds is 48. The standard InChI is InChI=1S/C50H100NO8P/c1-6-8-10-12-14-16-18-20-21-22-23-24-25-26-27-28-29-31-32-34-36-38-40-42-49(52)56-46-48(47-58-60(54,55)57-45-44-51(3,4)5)59-50(53)43-41-39-37-35-33-30-19-17-15-13-11-9-7-2/h48H,6-47H2,1-5H3/t48-/m0/s1. The lowest BCUT2D eigenvalue weighted by atomic mass is 10.0. The fourth-order valence-corrected chi connectivity index (χ4v) is 8.33. The SMILES string of the molecule is CCCCCCCCCCCCCCCCCCCCCCCCCC(=O)OC[C@@H](COP(=O)([O-])OCC[N+](C)(C)C)OC(=O)CCCCCCCCCCCCCCC. The van der Waals surface area contributed by atoms with Gasteiger partial charge in [-0.15, -0.1) is 0 Å². The van der Waals surface area contributed by atoms with Crippen LogP contribution >= 0.6 is 7.82 Å². The molecule has 0 saturated carbocycles. The lowest BCUT2D eigenvalue weighted by Gasteiger charge is -2.28. The summed E-state index contributed by atoms with van der Waals surface area (Å²) in [6, 6.07) is 0. The Labute approximate surface area is 372 Å². The molecule has 0 radical (unpaired) electrons. The Bertz CT molecular complexity index is 990. The number of quaternary nitrogens is 1. The van der Waals surface area contributed by atoms with Crippen molar-refractivity contribution in [2.75, 3.05) is 47.5 Å². The predicted molar refractivity (Wildman–Crippen MR) is 250 cm³/mol. The minimum absolute atomic E-state index is 0.0255. The van der Waals surface area contributed by atoms with Crippen LogP contribution in [0.1, 0.15) is 258 Å². The molecule has 0 fully saturated rings. The molecule has 2 atom stereocenters. The van der Waals surface area contributed by atoms with E-state index in [1.165, 1.54) is 193 Å². The first-order chi connectivity index (χ1) is 29.0. The van der Waals surface area contributed by atoms with E-state index in [-0.39, 0.29) is 32.0 Å². The van der Waals surface area contributed by atoms with Crippen molar-refractivity contribution >= 4 is 19.8 Å². The molecule has 0 spiro atoms. The van der Waals surface area contributed by atoms with Gasteiger partial charge in [0.1, 0.15) is 19.8 Å². The third kappa shape index (κ3) is 46.5. The molecule has 0 heterocycles. The number of carbonyl (C=O) groups is 2. The van der Waals surface area contributed by atoms with E-state index in [0.29, 0.717) is 17.4 Å². The summed E-state index contributed by atoms with van der Waals surface area (Å²) in [6.07, 6.45) is 45.7. The normalized spacial score (nSPS) is 13.4. The Morgan fingerprint density at radius 3 is 1.07 bits per heavy atom. The van der Waals surface area contributed by atoms with E-state index in [0.717, 1.165) is 32.1 Å². The number of phosphoric ester groups is 1. The first-order valence-corrected chi connectivity index (χ1v) is 27.2. The largest absolute Gasteiger partial charge is 0.756 e. The lowest BCUT2D eigenvalue weighted by Crippen LogP contribution is -2.37. The second kappa shape index (κ2) is 43.3. The molecule has 1 unspecified atom stereocenters. The first-order valence-electron chi connectivity index (χ1n) is 25.7. The van der Waals surface area contributed by atoms with Gasteiger partial charge < -0.3 is 27.9 Å². The Balaban J connectivity index is 4.12. The van der Waals surface area contributed by atoms with E-state index >= 15 is 0 Å². The molecule has 0 rings (SSSR count). The van der Waals surface area contributed by atoms with Crippen molar-refractivity contribution in [1.29, 1.82) is 0 Å². The van der Waals surface area contributed by atoms with Gasteiger partial charge in [0, 0.05) is 12.8 Å². The van der Waals surface area contributed by atoms with Crippen molar-refractivity contribution in [1.82, 2.24) is 0 Å². The maximum absolute atomic E-state index is 12.7. The average molecular weight is 874 g/mol. The van der Waals surface area contributed by atoms with Crippen molar-refractivity contribution < 1.29 is 42.1 Å². The van der Waals surface area contributed by atoms with Gasteiger partial charge in [0.25, 0.3) is 7.82 Å². The summed E-state index contributed by atoms with van der Waals surface area (Å²) >= 11 is 0. The van der Waals surface area contributed by atoms with Crippen LogP contribution in [0.4, 0.5) is 0 Å². The van der Waals surface area contributed by atoms with E-state index in [1.807, 2.05) is 21.1 Å². The molecule has 60 heavy (non-hydrogen) atoms. The molecule has 10 heteroatoms. The quantitative estimate of drug-likeness (QED) is 0.0257. The molecule has 0 aromatic carbocycles. The highest BCUT2D eigenvalue weighted by Crippen LogP contribution is 2.38. The molecule has 0 aromatic rings. The minimum atomic E-state index is -4.62. The highest BCUT2D eigenvalue weighted by atomic mass is 31.2. The van der Waals surface area contributed by atoms with E-state index in [9.17, 15) is 19.0 Å². The highest BCUT2D eigenvalue weighted by Gasteiger charge is 2.21. The molecule has 0 aromatic heterocycles. The topological polar surface area (TPSA) is 111 Å². The van der Waals surface area contributed by atoms with E-state index in [4.69, 9.17) is 18.5 Å². The number of unbranched alkanes of at least 4 members (excludes halogenated alkanes) is 34. The van der Waals surface area contributed by atoms with Crippen LogP contribution in [-0.4, -0.2) is 70.0 Å². The van der Waals surface area contributed by atoms with Gasteiger partial charge in [-0.25, -0.2) is 0 Å². The van der Waals surface area contributed by atoms with E-state index in [1.54, 1.807) is 0 Å². The number of carbonyl (C=O) groups excluding carboxylic acids is 2. The van der Waals surface area contributed by atoms with E-state index in [2.05, 4.69) is 13.8 Å². The first kappa shape index (κ1) is 59.0. The zero-order valence-corrected chi connectivity index (χ0v) is 41.3. The third-order valence-electron chi connectivity index (χ3n) is 11.6. The number of esters is 2. The van der Waals surface area contributed by atoms with Crippen LogP contribution in [0, 0.1) is 0 Å². The maximum Gasteiger partial charge on any atom is 0.306 e. The number of hydrogen-bond acceptors (Lipinski definition) is 8. The second-order valence-corrected chi connectivity index (χ2v) is 20.3. The van der Waals surface area contributed by atoms with Crippen molar-refractivity contribution in [2.45, 2.75) is 264 Å². The van der Waals surface area contributed by atoms with Gasteiger partial charge in [0.15, 0.2) is 6.10 Å². The molecule has 0 N–H and O–H groups in total. The summed E-state index contributed by atoms with van der Waals surface area (Å²) in [5, 5.41) is 0. The van der Waals surface area contributed by atoms with Gasteiger partial charge in [-0.05, 0) is 12.8 Å². The molecular weight excluding hydrogens is 774 g/mol. The van der Waals surface area contributed by atoms with Crippen LogP contribution < -0.4 is 4.89 Å². The van der Waals surface area contributed by atoms with Gasteiger partial charge >= 0.3 is 11.9 Å². The molecule has 0 aliphatic carbocycles. The van der Waals surface area contributed by atoms with Gasteiger partial charge in [0.05, 0.1) is 27.7 Å². The Morgan fingerprint density at radius 2 is 0.750 bits per heavy atom. The molecule has 0 aliphatic heterocycles. The van der Waals surface area contributed by atoms with Crippen LogP contribution in [-0.2, 0) is 32.7 Å². The smallest absolute Gasteiger partial charge is 0.306 e. The third-order valence-corrected chi connectivity index (χ3v) is 12.6. The zero-order valence-electron chi connectivity index (χ0n) is 40.4. The molecule has 0 amide bonds. The Morgan fingerprint density at radius 1 is 0.450 bits per heavy atom. The molecule has 0 saturated heterocycles. The van der Waals surface area contributed by atoms with Crippen LogP contribution in [0.25, 0.3) is 0 Å². The zero-order chi connectivity index (χ0) is 44.3. The lowest BCUT2D eigenvalue weighted by molar-refractivity contribution is -0.870. The fourth-order valence-electron chi connectivity index (χ4n) is 7.60. The summed E-state index contributed by atoms with van der Waals surface area (Å²) in [6.45, 7) is 4.28. The van der Waals surface area contributed by atoms with Gasteiger partial charge in [-0.2, -0.15) is 0 Å². The summed E-state index contributed by atoms with van der Waals surface area (Å²) in [4.78, 5) is 37.6. The summed E-state index contributed by atoms with van der Waals surface area (Å²) in [7, 11) is 1.19. The summed E-state index contributed by atoms with van der Waals surface area (Å²) in [5.74, 6) is -0.815. The van der Waals surface area contributed by atoms with Gasteiger partial charge in [-0.1, -0.05) is 232 Å². The van der Waals surface area contributed by atoms with Gasteiger partial charge in [0.2, 0.25) is 0 Å². The van der Waals surface area contributed by atoms with Crippen LogP contribution in [0.15, 0.2) is 0 Å². The number of likely N-dealkylation sites (N-methyl/N-ethyl adjacent to an activating group) is 1. The summed E-state index contributed by atoms with van der Waals surface area (Å²) in [5.41, 5.74) is 0. The minimum Gasteiger partial charge on any atom is -0.756 e. The van der Waals surface area contributed by atoms with Gasteiger partial charge in [-0.3, -0.25) is 14.2 Å². The molecule has 0 bridgehead atoms. The Kier molecular flexibility index (Phi) is 42.6. The van der Waals surface area contributed by atoms with Crippen LogP contribution in [0.3, 0.4) is 0 Å². The highest BCUT2D eigenvalue weighted by molar-refractivity contribution is 7.45. The predicted octanol–water partition coefficient (Wildman–Crippen LogP) is 14.5. The number of phosphoric acid groups is 1. The van der Waals surface area contributed by atoms with Crippen molar-refractivity contribution in [3.05, 3.63) is 0 Å². The number of nitrogens with zero attached hydrogens (tertiary/aromatic N) is 1. The molecule has 358 valence electrons. The molecule has 0 aliphatic rings. The maximum atomic E-state index is 12.7. The Hall–Kier alpha value is -0.990. The van der Waals surface area contributed by atoms with Crippen molar-refractivity contribution in [3.63, 3.8) is 0 Å². The van der Waals surface area contributed by atoms with Crippen LogP contribution in [0.5, 0.6) is 0 Å². The number of ether oxygens (including phenoxy) is 2. The summed E-state index contributed by atoms with van der Waals surface area (Å²) < 4.78 is 34.0. The fraction of sp³-hybridized carbons (Fsp3) is 0.960. The number of hydrogen-bond donors (Lipinski definition) is 0. The molecule has 9 nitrogen and oxygen atoms in total. The molecular formula is C50H100NO8P. The average Bonchev–Trinajstić information content (AvgIpc) is 3.20. The van der Waals surface area contributed by atoms with Crippen molar-refractivity contribution in [3.8, 4) is 0 Å². The second-order valence-electron chi connectivity index (χ2n) is 18.9. The van der Waals surface area contributed by atoms with E-state index < -0.39 is 26.5 Å². The van der Waals surface area contributed by atoms with Crippen LogP contribution in [0.2, 0.25) is 0 Å².